The van der Waals surface area contributed by atoms with Crippen molar-refractivity contribution >= 4 is 16.5 Å². The number of rotatable bonds is 4. The molecule has 18 heavy (non-hydrogen) atoms. The zero-order chi connectivity index (χ0) is 13.0. The van der Waals surface area contributed by atoms with Crippen molar-refractivity contribution in [2.75, 3.05) is 25.1 Å². The van der Waals surface area contributed by atoms with Crippen molar-refractivity contribution < 1.29 is 4.74 Å². The van der Waals surface area contributed by atoms with Gasteiger partial charge in [-0.25, -0.2) is 4.98 Å². The number of thiazole rings is 1. The number of nitrogens with one attached hydrogen (secondary N) is 1. The van der Waals surface area contributed by atoms with Crippen LogP contribution in [0.15, 0.2) is 6.20 Å². The first-order valence-electron chi connectivity index (χ1n) is 6.29. The fourth-order valence-electron chi connectivity index (χ4n) is 2.33. The van der Waals surface area contributed by atoms with Gasteiger partial charge in [0.1, 0.15) is 10.9 Å². The Kier molecular flexibility index (Phi) is 4.20. The van der Waals surface area contributed by atoms with Crippen LogP contribution in [0.5, 0.6) is 0 Å². The summed E-state index contributed by atoms with van der Waals surface area (Å²) >= 11 is 1.41. The summed E-state index contributed by atoms with van der Waals surface area (Å²) in [4.78, 5) is 4.85. The summed E-state index contributed by atoms with van der Waals surface area (Å²) in [5.74, 6) is 0.689. The molecule has 1 aliphatic rings. The molecule has 1 N–H and O–H groups in total. The first-order chi connectivity index (χ1) is 8.62. The molecule has 2 heterocycles. The summed E-state index contributed by atoms with van der Waals surface area (Å²) in [6.07, 6.45) is 3.89. The summed E-state index contributed by atoms with van der Waals surface area (Å²) in [6, 6.07) is 2.11. The summed E-state index contributed by atoms with van der Waals surface area (Å²) in [5, 5.41) is 13.0. The maximum Gasteiger partial charge on any atom is 0.183 e. The van der Waals surface area contributed by atoms with E-state index in [0.717, 1.165) is 37.7 Å². The van der Waals surface area contributed by atoms with Crippen molar-refractivity contribution in [1.82, 2.24) is 4.98 Å². The number of nitrogens with zero attached hydrogens (tertiary/aromatic N) is 2. The summed E-state index contributed by atoms with van der Waals surface area (Å²) < 4.78 is 5.41. The Morgan fingerprint density at radius 2 is 2.28 bits per heavy atom. The molecule has 0 aromatic carbocycles. The van der Waals surface area contributed by atoms with Gasteiger partial charge in [-0.2, -0.15) is 5.26 Å². The van der Waals surface area contributed by atoms with E-state index >= 15 is 0 Å². The van der Waals surface area contributed by atoms with Gasteiger partial charge in [0, 0.05) is 19.8 Å². The van der Waals surface area contributed by atoms with Crippen LogP contribution in [0, 0.1) is 22.7 Å². The van der Waals surface area contributed by atoms with Gasteiger partial charge in [-0.05, 0) is 24.2 Å². The highest BCUT2D eigenvalue weighted by atomic mass is 32.1. The lowest BCUT2D eigenvalue weighted by molar-refractivity contribution is 0.0268. The molecule has 0 aliphatic carbocycles. The molecule has 1 fully saturated rings. The monoisotopic (exact) mass is 265 g/mol. The fourth-order valence-corrected chi connectivity index (χ4v) is 2.94. The molecule has 5 heteroatoms. The number of hydrogen-bond acceptors (Lipinski definition) is 5. The summed E-state index contributed by atoms with van der Waals surface area (Å²) in [5.41, 5.74) is 0.224. The lowest BCUT2D eigenvalue weighted by Crippen LogP contribution is -2.35. The highest BCUT2D eigenvalue weighted by molar-refractivity contribution is 7.16. The first kappa shape index (κ1) is 13.3. The number of aromatic nitrogens is 1. The zero-order valence-electron chi connectivity index (χ0n) is 10.9. The van der Waals surface area contributed by atoms with Crippen LogP contribution in [0.4, 0.5) is 5.13 Å². The van der Waals surface area contributed by atoms with Crippen molar-refractivity contribution in [1.29, 1.82) is 5.26 Å². The largest absolute Gasteiger partial charge is 0.381 e. The summed E-state index contributed by atoms with van der Waals surface area (Å²) in [7, 11) is 0. The molecule has 98 valence electrons. The van der Waals surface area contributed by atoms with E-state index < -0.39 is 0 Å². The molecule has 0 radical (unpaired) electrons. The van der Waals surface area contributed by atoms with Gasteiger partial charge in [0.05, 0.1) is 6.20 Å². The lowest BCUT2D eigenvalue weighted by Gasteiger charge is -2.37. The molecule has 0 saturated carbocycles. The lowest BCUT2D eigenvalue weighted by atomic mass is 9.74. The molecule has 2 rings (SSSR count). The molecule has 1 aromatic rings. The topological polar surface area (TPSA) is 57.9 Å². The van der Waals surface area contributed by atoms with Crippen molar-refractivity contribution in [3.05, 3.63) is 11.1 Å². The van der Waals surface area contributed by atoms with Crippen LogP contribution in [0.1, 0.15) is 31.6 Å². The Bertz CT molecular complexity index is 430. The van der Waals surface area contributed by atoms with E-state index in [2.05, 4.69) is 30.2 Å². The second-order valence-corrected chi connectivity index (χ2v) is 6.40. The Balaban J connectivity index is 1.89. The van der Waals surface area contributed by atoms with Crippen molar-refractivity contribution in [2.24, 2.45) is 11.3 Å². The van der Waals surface area contributed by atoms with E-state index in [9.17, 15) is 0 Å². The van der Waals surface area contributed by atoms with Gasteiger partial charge < -0.3 is 10.1 Å². The highest BCUT2D eigenvalue weighted by Gasteiger charge is 2.30. The maximum atomic E-state index is 8.76. The molecule has 0 spiro atoms. The third-order valence-corrected chi connectivity index (χ3v) is 4.50. The van der Waals surface area contributed by atoms with Gasteiger partial charge >= 0.3 is 0 Å². The molecule has 1 aliphatic heterocycles. The molecule has 4 nitrogen and oxygen atoms in total. The average molecular weight is 265 g/mol. The SMILES string of the molecule is CC(C)(CNc1ncc(C#N)s1)C1CCOCC1. The number of hydrogen-bond donors (Lipinski definition) is 1. The number of anilines is 1. The van der Waals surface area contributed by atoms with Crippen LogP contribution in [-0.2, 0) is 4.74 Å². The second kappa shape index (κ2) is 5.68. The molecule has 0 unspecified atom stereocenters. The van der Waals surface area contributed by atoms with Gasteiger partial charge in [0.25, 0.3) is 0 Å². The fraction of sp³-hybridized carbons (Fsp3) is 0.692. The molecule has 0 atom stereocenters. The number of ether oxygens (including phenoxy) is 1. The van der Waals surface area contributed by atoms with E-state index in [1.165, 1.54) is 11.3 Å². The minimum atomic E-state index is 0.224. The van der Waals surface area contributed by atoms with Gasteiger partial charge in [-0.1, -0.05) is 25.2 Å². The van der Waals surface area contributed by atoms with Crippen LogP contribution in [-0.4, -0.2) is 24.7 Å². The van der Waals surface area contributed by atoms with E-state index in [4.69, 9.17) is 10.00 Å². The molecule has 1 aromatic heterocycles. The van der Waals surface area contributed by atoms with Crippen LogP contribution >= 0.6 is 11.3 Å². The zero-order valence-corrected chi connectivity index (χ0v) is 11.7. The van der Waals surface area contributed by atoms with Gasteiger partial charge in [0.15, 0.2) is 5.13 Å². The molecule has 1 saturated heterocycles. The van der Waals surface area contributed by atoms with Gasteiger partial charge in [-0.15, -0.1) is 0 Å². The molecule has 0 bridgehead atoms. The Morgan fingerprint density at radius 1 is 1.56 bits per heavy atom. The van der Waals surface area contributed by atoms with E-state index in [1.807, 2.05) is 0 Å². The van der Waals surface area contributed by atoms with Crippen LogP contribution in [0.3, 0.4) is 0 Å². The standard InChI is InChI=1S/C13H19N3OS/c1-13(2,10-3-5-17-6-4-10)9-16-12-15-8-11(7-14)18-12/h8,10H,3-6,9H2,1-2H3,(H,15,16). The number of nitriles is 1. The van der Waals surface area contributed by atoms with Crippen LogP contribution in [0.2, 0.25) is 0 Å². The molecular formula is C13H19N3OS. The second-order valence-electron chi connectivity index (χ2n) is 5.37. The smallest absolute Gasteiger partial charge is 0.183 e. The molecule has 0 amide bonds. The summed E-state index contributed by atoms with van der Waals surface area (Å²) in [6.45, 7) is 7.22. The minimum absolute atomic E-state index is 0.224. The van der Waals surface area contributed by atoms with Crippen molar-refractivity contribution in [3.63, 3.8) is 0 Å². The van der Waals surface area contributed by atoms with Crippen LogP contribution < -0.4 is 5.32 Å². The predicted octanol–water partition coefficient (Wildman–Crippen LogP) is 2.88. The Morgan fingerprint density at radius 3 is 2.89 bits per heavy atom. The van der Waals surface area contributed by atoms with E-state index in [-0.39, 0.29) is 5.41 Å². The van der Waals surface area contributed by atoms with Gasteiger partial charge in [-0.3, -0.25) is 0 Å². The minimum Gasteiger partial charge on any atom is -0.381 e. The van der Waals surface area contributed by atoms with Crippen LogP contribution in [0.25, 0.3) is 0 Å². The molecular weight excluding hydrogens is 246 g/mol. The maximum absolute atomic E-state index is 8.76. The van der Waals surface area contributed by atoms with Crippen molar-refractivity contribution in [2.45, 2.75) is 26.7 Å². The third kappa shape index (κ3) is 3.21. The Hall–Kier alpha value is -1.12. The van der Waals surface area contributed by atoms with Gasteiger partial charge in [0.2, 0.25) is 0 Å². The highest BCUT2D eigenvalue weighted by Crippen LogP contribution is 2.34. The first-order valence-corrected chi connectivity index (χ1v) is 7.11. The quantitative estimate of drug-likeness (QED) is 0.909. The van der Waals surface area contributed by atoms with E-state index in [1.54, 1.807) is 6.20 Å². The third-order valence-electron chi connectivity index (χ3n) is 3.64. The van der Waals surface area contributed by atoms with Crippen molar-refractivity contribution in [3.8, 4) is 6.07 Å². The Labute approximate surface area is 112 Å². The predicted molar refractivity (Wildman–Crippen MR) is 72.6 cm³/mol. The normalized spacial score (nSPS) is 17.4. The van der Waals surface area contributed by atoms with E-state index in [0.29, 0.717) is 10.8 Å². The average Bonchev–Trinajstić information content (AvgIpc) is 2.86.